The molecule has 0 amide bonds. The highest BCUT2D eigenvalue weighted by Crippen LogP contribution is 2.23. The van der Waals surface area contributed by atoms with E-state index in [4.69, 9.17) is 14.2 Å². The third kappa shape index (κ3) is 4.07. The van der Waals surface area contributed by atoms with Gasteiger partial charge in [0, 0.05) is 0 Å². The Hall–Kier alpha value is -2.77. The Morgan fingerprint density at radius 2 is 1.42 bits per heavy atom. The topological polar surface area (TPSA) is 82.1 Å². The van der Waals surface area contributed by atoms with E-state index in [2.05, 4.69) is 0 Å². The number of aliphatic hydroxyl groups is 1. The minimum Gasteiger partial charge on any atom is -0.452 e. The monoisotopic (exact) mass is 360 g/mol. The lowest BCUT2D eigenvalue weighted by molar-refractivity contribution is -0.224. The Morgan fingerprint density at radius 1 is 0.923 bits per heavy atom. The SMILES string of the molecule is O=C(O[C@@H]1[C@H](O)[C@H](F)OC[C@H]1OC(=O)c1ccccc1)c1ccccc1. The van der Waals surface area contributed by atoms with Gasteiger partial charge < -0.3 is 19.3 Å². The largest absolute Gasteiger partial charge is 0.452 e. The van der Waals surface area contributed by atoms with Crippen LogP contribution in [0.1, 0.15) is 20.7 Å². The summed E-state index contributed by atoms with van der Waals surface area (Å²) in [7, 11) is 0. The third-order valence-electron chi connectivity index (χ3n) is 3.91. The van der Waals surface area contributed by atoms with Gasteiger partial charge in [-0.15, -0.1) is 0 Å². The van der Waals surface area contributed by atoms with E-state index in [0.29, 0.717) is 0 Å². The number of benzene rings is 2. The first-order chi connectivity index (χ1) is 12.6. The number of hydrogen-bond acceptors (Lipinski definition) is 6. The zero-order valence-electron chi connectivity index (χ0n) is 13.7. The van der Waals surface area contributed by atoms with Crippen molar-refractivity contribution >= 4 is 11.9 Å². The Morgan fingerprint density at radius 3 is 1.96 bits per heavy atom. The molecule has 6 nitrogen and oxygen atoms in total. The second kappa shape index (κ2) is 8.07. The van der Waals surface area contributed by atoms with Gasteiger partial charge in [-0.1, -0.05) is 36.4 Å². The predicted octanol–water partition coefficient (Wildman–Crippen LogP) is 2.12. The van der Waals surface area contributed by atoms with Crippen LogP contribution in [0.4, 0.5) is 4.39 Å². The fraction of sp³-hybridized carbons (Fsp3) is 0.263. The van der Waals surface area contributed by atoms with Crippen LogP contribution in [0.25, 0.3) is 0 Å². The van der Waals surface area contributed by atoms with Crippen LogP contribution in [0.2, 0.25) is 0 Å². The fourth-order valence-corrected chi connectivity index (χ4v) is 2.54. The maximum atomic E-state index is 13.7. The van der Waals surface area contributed by atoms with Crippen LogP contribution in [-0.2, 0) is 14.2 Å². The molecule has 136 valence electrons. The lowest BCUT2D eigenvalue weighted by Gasteiger charge is -2.35. The molecular formula is C19H17FO6. The molecule has 2 aromatic carbocycles. The molecule has 1 N–H and O–H groups in total. The number of carbonyl (C=O) groups excluding carboxylic acids is 2. The number of alkyl halides is 1. The minimum absolute atomic E-state index is 0.231. The third-order valence-corrected chi connectivity index (χ3v) is 3.91. The van der Waals surface area contributed by atoms with E-state index in [1.165, 1.54) is 12.1 Å². The van der Waals surface area contributed by atoms with Gasteiger partial charge in [0.15, 0.2) is 18.3 Å². The van der Waals surface area contributed by atoms with Crippen molar-refractivity contribution in [2.75, 3.05) is 6.61 Å². The highest BCUT2D eigenvalue weighted by Gasteiger charge is 2.44. The Kier molecular flexibility index (Phi) is 5.60. The summed E-state index contributed by atoms with van der Waals surface area (Å²) >= 11 is 0. The number of rotatable bonds is 4. The molecule has 0 bridgehead atoms. The molecule has 0 aliphatic carbocycles. The maximum Gasteiger partial charge on any atom is 0.338 e. The molecule has 2 aromatic rings. The molecule has 1 aliphatic rings. The average Bonchev–Trinajstić information content (AvgIpc) is 2.68. The molecule has 4 atom stereocenters. The molecule has 1 heterocycles. The lowest BCUT2D eigenvalue weighted by atomic mass is 10.0. The summed E-state index contributed by atoms with van der Waals surface area (Å²) in [5.41, 5.74) is 0.507. The molecule has 26 heavy (non-hydrogen) atoms. The van der Waals surface area contributed by atoms with Gasteiger partial charge in [-0.3, -0.25) is 0 Å². The molecule has 1 fully saturated rings. The smallest absolute Gasteiger partial charge is 0.338 e. The van der Waals surface area contributed by atoms with E-state index in [9.17, 15) is 19.1 Å². The summed E-state index contributed by atoms with van der Waals surface area (Å²) in [5.74, 6) is -1.45. The van der Waals surface area contributed by atoms with Gasteiger partial charge in [0.2, 0.25) is 6.36 Å². The van der Waals surface area contributed by atoms with Crippen LogP contribution in [0.3, 0.4) is 0 Å². The van der Waals surface area contributed by atoms with Gasteiger partial charge in [0.05, 0.1) is 17.7 Å². The Bertz CT molecular complexity index is 751. The van der Waals surface area contributed by atoms with Crippen LogP contribution in [0.5, 0.6) is 0 Å². The average molecular weight is 360 g/mol. The van der Waals surface area contributed by atoms with E-state index in [1.807, 2.05) is 0 Å². The van der Waals surface area contributed by atoms with E-state index >= 15 is 0 Å². The lowest BCUT2D eigenvalue weighted by Crippen LogP contribution is -2.54. The first-order valence-corrected chi connectivity index (χ1v) is 8.02. The van der Waals surface area contributed by atoms with E-state index in [0.717, 1.165) is 0 Å². The van der Waals surface area contributed by atoms with E-state index in [-0.39, 0.29) is 17.7 Å². The van der Waals surface area contributed by atoms with Crippen molar-refractivity contribution < 1.29 is 33.3 Å². The summed E-state index contributed by atoms with van der Waals surface area (Å²) < 4.78 is 29.0. The normalized spacial score (nSPS) is 25.3. The van der Waals surface area contributed by atoms with Gasteiger partial charge in [-0.25, -0.2) is 14.0 Å². The van der Waals surface area contributed by atoms with Gasteiger partial charge in [0.25, 0.3) is 0 Å². The highest BCUT2D eigenvalue weighted by molar-refractivity contribution is 5.90. The standard InChI is InChI=1S/C19H17FO6/c20-17-15(21)16(26-19(23)13-9-5-2-6-10-13)14(11-24-17)25-18(22)12-7-3-1-4-8-12/h1-10,14-17,21H,11H2/t14-,15+,16+,17-/m1/s1. The molecule has 3 rings (SSSR count). The molecule has 0 aromatic heterocycles. The Labute approximate surface area is 149 Å². The summed E-state index contributed by atoms with van der Waals surface area (Å²) in [6, 6.07) is 16.2. The highest BCUT2D eigenvalue weighted by atomic mass is 19.1. The number of esters is 2. The quantitative estimate of drug-likeness (QED) is 0.841. The van der Waals surface area contributed by atoms with Crippen molar-refractivity contribution in [2.24, 2.45) is 0 Å². The zero-order valence-corrected chi connectivity index (χ0v) is 13.7. The summed E-state index contributed by atoms with van der Waals surface area (Å²) in [5, 5.41) is 10.0. The van der Waals surface area contributed by atoms with Gasteiger partial charge >= 0.3 is 11.9 Å². The molecule has 0 saturated carbocycles. The summed E-state index contributed by atoms with van der Waals surface area (Å²) in [4.78, 5) is 24.4. The van der Waals surface area contributed by atoms with Gasteiger partial charge in [-0.05, 0) is 24.3 Å². The summed E-state index contributed by atoms with van der Waals surface area (Å²) in [6.07, 6.45) is -6.35. The molecule has 0 unspecified atom stereocenters. The fourth-order valence-electron chi connectivity index (χ4n) is 2.54. The van der Waals surface area contributed by atoms with Crippen LogP contribution in [0, 0.1) is 0 Å². The number of carbonyl (C=O) groups is 2. The first kappa shape index (κ1) is 18.0. The van der Waals surface area contributed by atoms with Crippen molar-refractivity contribution in [1.82, 2.24) is 0 Å². The van der Waals surface area contributed by atoms with Crippen molar-refractivity contribution in [3.63, 3.8) is 0 Å². The van der Waals surface area contributed by atoms with E-state index in [1.54, 1.807) is 48.5 Å². The van der Waals surface area contributed by atoms with Crippen molar-refractivity contribution in [3.05, 3.63) is 71.8 Å². The number of ether oxygens (including phenoxy) is 3. The van der Waals surface area contributed by atoms with Gasteiger partial charge in [0.1, 0.15) is 0 Å². The molecule has 0 spiro atoms. The molecule has 1 saturated heterocycles. The van der Waals surface area contributed by atoms with E-state index < -0.39 is 36.6 Å². The predicted molar refractivity (Wildman–Crippen MR) is 88.1 cm³/mol. The van der Waals surface area contributed by atoms with Crippen LogP contribution >= 0.6 is 0 Å². The molecular weight excluding hydrogens is 343 g/mol. The first-order valence-electron chi connectivity index (χ1n) is 8.02. The van der Waals surface area contributed by atoms with Crippen molar-refractivity contribution in [2.45, 2.75) is 24.7 Å². The van der Waals surface area contributed by atoms with Crippen molar-refractivity contribution in [3.8, 4) is 0 Å². The van der Waals surface area contributed by atoms with Crippen LogP contribution < -0.4 is 0 Å². The second-order valence-electron chi connectivity index (χ2n) is 5.72. The number of aliphatic hydroxyl groups excluding tert-OH is 1. The zero-order chi connectivity index (χ0) is 18.5. The van der Waals surface area contributed by atoms with Crippen LogP contribution in [-0.4, -0.2) is 48.3 Å². The maximum absolute atomic E-state index is 13.7. The summed E-state index contributed by atoms with van der Waals surface area (Å²) in [6.45, 7) is -0.344. The van der Waals surface area contributed by atoms with Crippen LogP contribution in [0.15, 0.2) is 60.7 Å². The van der Waals surface area contributed by atoms with Gasteiger partial charge in [-0.2, -0.15) is 0 Å². The molecule has 0 radical (unpaired) electrons. The number of hydrogen-bond donors (Lipinski definition) is 1. The number of halogens is 1. The molecule has 7 heteroatoms. The second-order valence-corrected chi connectivity index (χ2v) is 5.72. The Balaban J connectivity index is 1.74. The minimum atomic E-state index is -2.05. The molecule has 1 aliphatic heterocycles. The van der Waals surface area contributed by atoms with Crippen molar-refractivity contribution in [1.29, 1.82) is 0 Å².